The van der Waals surface area contributed by atoms with E-state index in [1.165, 1.54) is 51.0 Å². The molecule has 1 unspecified atom stereocenters. The molecule has 0 radical (unpaired) electrons. The molecule has 3 heterocycles. The number of carbonyl (C=O) groups is 1. The fourth-order valence-electron chi connectivity index (χ4n) is 5.18. The zero-order valence-electron chi connectivity index (χ0n) is 15.5. The van der Waals surface area contributed by atoms with Crippen molar-refractivity contribution in [3.8, 4) is 0 Å². The largest absolute Gasteiger partial charge is 0.450 e. The second kappa shape index (κ2) is 6.63. The predicted octanol–water partition coefficient (Wildman–Crippen LogP) is 2.61. The van der Waals surface area contributed by atoms with Crippen LogP contribution in [0.5, 0.6) is 0 Å². The summed E-state index contributed by atoms with van der Waals surface area (Å²) in [5, 5.41) is 0. The van der Waals surface area contributed by atoms with E-state index in [2.05, 4.69) is 21.5 Å². The lowest BCUT2D eigenvalue weighted by molar-refractivity contribution is -0.00364. The Balaban J connectivity index is 1.27. The van der Waals surface area contributed by atoms with Crippen LogP contribution in [-0.4, -0.2) is 64.3 Å². The molecule has 3 fully saturated rings. The molecule has 2 saturated heterocycles. The van der Waals surface area contributed by atoms with Gasteiger partial charge in [0.05, 0.1) is 6.61 Å². The van der Waals surface area contributed by atoms with E-state index in [0.717, 1.165) is 13.1 Å². The number of aryl methyl sites for hydroxylation is 1. The van der Waals surface area contributed by atoms with Gasteiger partial charge in [0.25, 0.3) is 0 Å². The highest BCUT2D eigenvalue weighted by atomic mass is 16.6. The molecule has 0 aromatic carbocycles. The number of hydrogen-bond acceptors (Lipinski definition) is 4. The molecule has 4 rings (SSSR count). The lowest BCUT2D eigenvalue weighted by Gasteiger charge is -2.48. The van der Waals surface area contributed by atoms with Gasteiger partial charge in [0, 0.05) is 49.9 Å². The van der Waals surface area contributed by atoms with Gasteiger partial charge in [0.15, 0.2) is 0 Å². The molecule has 1 spiro atoms. The van der Waals surface area contributed by atoms with E-state index in [1.54, 1.807) is 0 Å². The van der Waals surface area contributed by atoms with Crippen molar-refractivity contribution < 1.29 is 9.53 Å². The van der Waals surface area contributed by atoms with E-state index >= 15 is 0 Å². The molecule has 25 heavy (non-hydrogen) atoms. The van der Waals surface area contributed by atoms with E-state index in [-0.39, 0.29) is 6.09 Å². The third kappa shape index (κ3) is 3.16. The standard InChI is InChI=1S/C19H30N4O2/c1-3-25-18(24)23-13-19(14-23)7-4-16(12-19)22-9-5-15(6-10-22)17-20-8-11-21(17)2/h8,11,15-16H,3-7,9-10,12-14H2,1-2H3. The van der Waals surface area contributed by atoms with Crippen molar-refractivity contribution in [3.05, 3.63) is 18.2 Å². The maximum atomic E-state index is 11.8. The van der Waals surface area contributed by atoms with Crippen molar-refractivity contribution in [1.29, 1.82) is 0 Å². The first-order chi connectivity index (χ1) is 12.1. The molecule has 0 bridgehead atoms. The first-order valence-corrected chi connectivity index (χ1v) is 9.73. The zero-order chi connectivity index (χ0) is 17.4. The van der Waals surface area contributed by atoms with Crippen molar-refractivity contribution in [3.63, 3.8) is 0 Å². The lowest BCUT2D eigenvalue weighted by atomic mass is 9.78. The van der Waals surface area contributed by atoms with Crippen LogP contribution in [0.15, 0.2) is 12.4 Å². The summed E-state index contributed by atoms with van der Waals surface area (Å²) in [5.74, 6) is 1.85. The number of piperidine rings is 1. The van der Waals surface area contributed by atoms with Crippen molar-refractivity contribution in [2.45, 2.75) is 51.0 Å². The fraction of sp³-hybridized carbons (Fsp3) is 0.789. The molecule has 1 amide bonds. The van der Waals surface area contributed by atoms with Gasteiger partial charge in [-0.15, -0.1) is 0 Å². The summed E-state index contributed by atoms with van der Waals surface area (Å²) >= 11 is 0. The normalized spacial score (nSPS) is 26.8. The average Bonchev–Trinajstić information content (AvgIpc) is 3.20. The maximum Gasteiger partial charge on any atom is 0.409 e. The van der Waals surface area contributed by atoms with Gasteiger partial charge in [-0.25, -0.2) is 9.78 Å². The number of likely N-dealkylation sites (tertiary alicyclic amines) is 2. The lowest BCUT2D eigenvalue weighted by Crippen LogP contribution is -2.58. The molecule has 2 aliphatic heterocycles. The molecular weight excluding hydrogens is 316 g/mol. The molecular formula is C19H30N4O2. The minimum Gasteiger partial charge on any atom is -0.450 e. The van der Waals surface area contributed by atoms with E-state index in [0.29, 0.717) is 24.0 Å². The number of hydrogen-bond donors (Lipinski definition) is 0. The molecule has 1 aromatic heterocycles. The number of ether oxygens (including phenoxy) is 1. The van der Waals surface area contributed by atoms with Crippen LogP contribution in [0.2, 0.25) is 0 Å². The Labute approximate surface area is 150 Å². The monoisotopic (exact) mass is 346 g/mol. The summed E-state index contributed by atoms with van der Waals surface area (Å²) in [4.78, 5) is 20.9. The minimum absolute atomic E-state index is 0.132. The maximum absolute atomic E-state index is 11.8. The number of imidazole rings is 1. The molecule has 3 aliphatic rings. The summed E-state index contributed by atoms with van der Waals surface area (Å²) in [6.45, 7) is 6.49. The van der Waals surface area contributed by atoms with Gasteiger partial charge in [-0.05, 0) is 52.1 Å². The van der Waals surface area contributed by atoms with Gasteiger partial charge < -0.3 is 19.1 Å². The van der Waals surface area contributed by atoms with Gasteiger partial charge in [-0.3, -0.25) is 0 Å². The molecule has 138 valence electrons. The van der Waals surface area contributed by atoms with E-state index < -0.39 is 0 Å². The minimum atomic E-state index is -0.132. The number of aromatic nitrogens is 2. The highest BCUT2D eigenvalue weighted by molar-refractivity contribution is 5.69. The first-order valence-electron chi connectivity index (χ1n) is 9.73. The Morgan fingerprint density at radius 3 is 2.72 bits per heavy atom. The third-order valence-corrected chi connectivity index (χ3v) is 6.52. The summed E-state index contributed by atoms with van der Waals surface area (Å²) < 4.78 is 7.29. The molecule has 1 aromatic rings. The molecule has 6 nitrogen and oxygen atoms in total. The second-order valence-electron chi connectivity index (χ2n) is 8.16. The Kier molecular flexibility index (Phi) is 4.48. The number of amides is 1. The Hall–Kier alpha value is -1.56. The van der Waals surface area contributed by atoms with Crippen LogP contribution >= 0.6 is 0 Å². The summed E-state index contributed by atoms with van der Waals surface area (Å²) in [5.41, 5.74) is 0.369. The molecule has 6 heteroatoms. The highest BCUT2D eigenvalue weighted by Crippen LogP contribution is 2.47. The van der Waals surface area contributed by atoms with Gasteiger partial charge in [-0.1, -0.05) is 0 Å². The smallest absolute Gasteiger partial charge is 0.409 e. The third-order valence-electron chi connectivity index (χ3n) is 6.52. The van der Waals surface area contributed by atoms with Crippen LogP contribution in [0.25, 0.3) is 0 Å². The van der Waals surface area contributed by atoms with Crippen LogP contribution in [0.1, 0.15) is 50.8 Å². The topological polar surface area (TPSA) is 50.6 Å². The molecule has 1 atom stereocenters. The number of carbonyl (C=O) groups excluding carboxylic acids is 1. The van der Waals surface area contributed by atoms with Gasteiger partial charge in [-0.2, -0.15) is 0 Å². The van der Waals surface area contributed by atoms with E-state index in [4.69, 9.17) is 4.74 Å². The van der Waals surface area contributed by atoms with Gasteiger partial charge in [0.2, 0.25) is 0 Å². The van der Waals surface area contributed by atoms with Gasteiger partial charge in [0.1, 0.15) is 5.82 Å². The van der Waals surface area contributed by atoms with Gasteiger partial charge >= 0.3 is 6.09 Å². The van der Waals surface area contributed by atoms with Crippen molar-refractivity contribution in [2.75, 3.05) is 32.8 Å². The Bertz CT molecular complexity index is 615. The van der Waals surface area contributed by atoms with Crippen LogP contribution < -0.4 is 0 Å². The van der Waals surface area contributed by atoms with Crippen molar-refractivity contribution >= 4 is 6.09 Å². The SMILES string of the molecule is CCOC(=O)N1CC2(CCC(N3CCC(c4nccn4C)CC3)C2)C1. The Morgan fingerprint density at radius 1 is 1.32 bits per heavy atom. The zero-order valence-corrected chi connectivity index (χ0v) is 15.5. The molecule has 1 saturated carbocycles. The molecule has 0 N–H and O–H groups in total. The van der Waals surface area contributed by atoms with E-state index in [9.17, 15) is 4.79 Å². The van der Waals surface area contributed by atoms with Crippen LogP contribution in [-0.2, 0) is 11.8 Å². The Morgan fingerprint density at radius 2 is 2.08 bits per heavy atom. The van der Waals surface area contributed by atoms with Crippen LogP contribution in [0.4, 0.5) is 4.79 Å². The average molecular weight is 346 g/mol. The summed E-state index contributed by atoms with van der Waals surface area (Å²) in [6.07, 6.45) is 10.0. The second-order valence-corrected chi connectivity index (χ2v) is 8.16. The van der Waals surface area contributed by atoms with Crippen molar-refractivity contribution in [2.24, 2.45) is 12.5 Å². The fourth-order valence-corrected chi connectivity index (χ4v) is 5.18. The first kappa shape index (κ1) is 16.9. The molecule has 1 aliphatic carbocycles. The number of rotatable bonds is 3. The van der Waals surface area contributed by atoms with Crippen LogP contribution in [0, 0.1) is 5.41 Å². The summed E-state index contributed by atoms with van der Waals surface area (Å²) in [7, 11) is 2.10. The highest BCUT2D eigenvalue weighted by Gasteiger charge is 2.51. The van der Waals surface area contributed by atoms with Crippen molar-refractivity contribution in [1.82, 2.24) is 19.4 Å². The van der Waals surface area contributed by atoms with E-state index in [1.807, 2.05) is 24.2 Å². The summed E-state index contributed by atoms with van der Waals surface area (Å²) in [6, 6.07) is 0.701. The van der Waals surface area contributed by atoms with Crippen LogP contribution in [0.3, 0.4) is 0 Å². The predicted molar refractivity (Wildman–Crippen MR) is 95.4 cm³/mol. The number of nitrogens with zero attached hydrogens (tertiary/aromatic N) is 4. The quantitative estimate of drug-likeness (QED) is 0.844.